The van der Waals surface area contributed by atoms with Crippen LogP contribution in [-0.2, 0) is 9.84 Å². The van der Waals surface area contributed by atoms with Gasteiger partial charge in [-0.05, 0) is 30.4 Å². The topological polar surface area (TPSA) is 59.3 Å². The summed E-state index contributed by atoms with van der Waals surface area (Å²) < 4.78 is 30.3. The first-order chi connectivity index (χ1) is 11.4. The summed E-state index contributed by atoms with van der Waals surface area (Å²) in [6, 6.07) is 11.9. The molecule has 0 fully saturated rings. The van der Waals surface area contributed by atoms with E-state index in [1.165, 1.54) is 6.26 Å². The summed E-state index contributed by atoms with van der Waals surface area (Å²) in [4.78, 5) is 0.377. The number of para-hydroxylation sites is 1. The highest BCUT2D eigenvalue weighted by atomic mass is 79.9. The molecule has 1 aromatic heterocycles. The molecule has 1 aliphatic heterocycles. The lowest BCUT2D eigenvalue weighted by atomic mass is 10.1. The molecular formula is C18H14BrNO3S. The Bertz CT molecular complexity index is 1140. The summed E-state index contributed by atoms with van der Waals surface area (Å²) in [6.45, 7) is 0.277. The first kappa shape index (κ1) is 15.5. The van der Waals surface area contributed by atoms with Crippen molar-refractivity contribution in [2.24, 2.45) is 0 Å². The van der Waals surface area contributed by atoms with E-state index in [1.54, 1.807) is 12.2 Å². The van der Waals surface area contributed by atoms with Crippen molar-refractivity contribution in [3.05, 3.63) is 63.5 Å². The number of rotatable bonds is 2. The fourth-order valence-electron chi connectivity index (χ4n) is 2.91. The molecule has 0 atom stereocenters. The van der Waals surface area contributed by atoms with E-state index in [-0.39, 0.29) is 6.54 Å². The van der Waals surface area contributed by atoms with Crippen LogP contribution in [0.1, 0.15) is 5.56 Å². The Morgan fingerprint density at radius 1 is 1.12 bits per heavy atom. The number of furan rings is 1. The second-order valence-corrected chi connectivity index (χ2v) is 8.75. The molecule has 0 aliphatic carbocycles. The van der Waals surface area contributed by atoms with Gasteiger partial charge in [0.25, 0.3) is 0 Å². The predicted octanol–water partition coefficient (Wildman–Crippen LogP) is 4.22. The Balaban J connectivity index is 1.95. The van der Waals surface area contributed by atoms with E-state index in [0.717, 1.165) is 37.7 Å². The second kappa shape index (κ2) is 5.50. The van der Waals surface area contributed by atoms with E-state index in [2.05, 4.69) is 21.2 Å². The standard InChI is InChI=1S/C18H14BrNO3S/c1-24(21,22)12-6-7-16(20-10-12)15-9-11(19)8-14-13-4-2-3-5-17(13)23-18(14)15/h2-9,20H,10H2,1H3. The van der Waals surface area contributed by atoms with Crippen molar-refractivity contribution in [2.45, 2.75) is 0 Å². The van der Waals surface area contributed by atoms with Crippen molar-refractivity contribution in [1.29, 1.82) is 0 Å². The molecule has 0 saturated carbocycles. The third-order valence-electron chi connectivity index (χ3n) is 4.10. The van der Waals surface area contributed by atoms with E-state index in [0.29, 0.717) is 4.91 Å². The maximum absolute atomic E-state index is 11.6. The predicted molar refractivity (Wildman–Crippen MR) is 100 cm³/mol. The van der Waals surface area contributed by atoms with Gasteiger partial charge in [-0.3, -0.25) is 0 Å². The molecule has 0 bridgehead atoms. The van der Waals surface area contributed by atoms with Crippen molar-refractivity contribution < 1.29 is 12.8 Å². The molecule has 6 heteroatoms. The molecule has 1 aliphatic rings. The van der Waals surface area contributed by atoms with Crippen molar-refractivity contribution in [1.82, 2.24) is 5.32 Å². The molecule has 1 N–H and O–H groups in total. The first-order valence-corrected chi connectivity index (χ1v) is 10.1. The van der Waals surface area contributed by atoms with Gasteiger partial charge in [0.05, 0.1) is 11.4 Å². The van der Waals surface area contributed by atoms with E-state index >= 15 is 0 Å². The van der Waals surface area contributed by atoms with Crippen LogP contribution in [-0.4, -0.2) is 21.2 Å². The van der Waals surface area contributed by atoms with Crippen molar-refractivity contribution >= 4 is 53.4 Å². The Labute approximate surface area is 147 Å². The number of fused-ring (bicyclic) bond motifs is 3. The number of dihydropyridines is 1. The lowest BCUT2D eigenvalue weighted by Gasteiger charge is -2.17. The lowest BCUT2D eigenvalue weighted by molar-refractivity contribution is 0.606. The summed E-state index contributed by atoms with van der Waals surface area (Å²) in [5.41, 5.74) is 3.36. The fourth-order valence-corrected chi connectivity index (χ4v) is 4.02. The number of benzene rings is 2. The Kier molecular flexibility index (Phi) is 3.54. The number of sulfone groups is 1. The summed E-state index contributed by atoms with van der Waals surface area (Å²) in [5.74, 6) is 0. The maximum atomic E-state index is 11.6. The molecule has 4 rings (SSSR count). The minimum absolute atomic E-state index is 0.277. The molecule has 4 nitrogen and oxygen atoms in total. The fraction of sp³-hybridized carbons (Fsp3) is 0.111. The van der Waals surface area contributed by atoms with Crippen LogP contribution in [0, 0.1) is 0 Å². The Morgan fingerprint density at radius 2 is 1.92 bits per heavy atom. The molecular weight excluding hydrogens is 390 g/mol. The molecule has 2 aromatic carbocycles. The van der Waals surface area contributed by atoms with Crippen LogP contribution in [0.15, 0.2) is 62.3 Å². The van der Waals surface area contributed by atoms with Crippen LogP contribution < -0.4 is 5.32 Å². The normalized spacial score (nSPS) is 15.2. The lowest BCUT2D eigenvalue weighted by Crippen LogP contribution is -2.22. The number of hydrogen-bond donors (Lipinski definition) is 1. The van der Waals surface area contributed by atoms with Gasteiger partial charge in [-0.15, -0.1) is 0 Å². The SMILES string of the molecule is CS(=O)(=O)C1=CC=C(c2cc(Br)cc3c2oc2ccccc23)NC1. The van der Waals surface area contributed by atoms with Gasteiger partial charge >= 0.3 is 0 Å². The van der Waals surface area contributed by atoms with Crippen LogP contribution in [0.25, 0.3) is 27.6 Å². The Morgan fingerprint density at radius 3 is 2.62 bits per heavy atom. The van der Waals surface area contributed by atoms with E-state index in [4.69, 9.17) is 4.42 Å². The van der Waals surface area contributed by atoms with E-state index in [1.807, 2.05) is 36.4 Å². The maximum Gasteiger partial charge on any atom is 0.173 e. The van der Waals surface area contributed by atoms with Crippen molar-refractivity contribution in [2.75, 3.05) is 12.8 Å². The average Bonchev–Trinajstić information content (AvgIpc) is 2.92. The van der Waals surface area contributed by atoms with Crippen LogP contribution in [0.5, 0.6) is 0 Å². The molecule has 3 aromatic rings. The van der Waals surface area contributed by atoms with Crippen molar-refractivity contribution in [3.63, 3.8) is 0 Å². The highest BCUT2D eigenvalue weighted by Crippen LogP contribution is 2.36. The first-order valence-electron chi connectivity index (χ1n) is 7.39. The minimum atomic E-state index is -3.18. The molecule has 0 radical (unpaired) electrons. The van der Waals surface area contributed by atoms with Gasteiger partial charge in [-0.2, -0.15) is 0 Å². The summed E-state index contributed by atoms with van der Waals surface area (Å²) in [6.07, 6.45) is 4.65. The zero-order valence-electron chi connectivity index (χ0n) is 12.8. The molecule has 0 spiro atoms. The van der Waals surface area contributed by atoms with E-state index < -0.39 is 9.84 Å². The third-order valence-corrected chi connectivity index (χ3v) is 5.79. The van der Waals surface area contributed by atoms with Gasteiger partial charge in [0.1, 0.15) is 11.2 Å². The van der Waals surface area contributed by atoms with Crippen LogP contribution in [0.4, 0.5) is 0 Å². The summed E-state index contributed by atoms with van der Waals surface area (Å²) >= 11 is 3.56. The van der Waals surface area contributed by atoms with Gasteiger partial charge in [0, 0.05) is 32.8 Å². The number of nitrogens with one attached hydrogen (secondary N) is 1. The molecule has 2 heterocycles. The number of hydrogen-bond acceptors (Lipinski definition) is 4. The van der Waals surface area contributed by atoms with Crippen LogP contribution in [0.2, 0.25) is 0 Å². The quantitative estimate of drug-likeness (QED) is 0.695. The average molecular weight is 404 g/mol. The molecule has 0 unspecified atom stereocenters. The molecule has 122 valence electrons. The smallest absolute Gasteiger partial charge is 0.173 e. The van der Waals surface area contributed by atoms with Gasteiger partial charge in [-0.1, -0.05) is 34.1 Å². The number of allylic oxidation sites excluding steroid dienone is 2. The third kappa shape index (κ3) is 2.56. The van der Waals surface area contributed by atoms with Gasteiger partial charge in [0.2, 0.25) is 0 Å². The summed E-state index contributed by atoms with van der Waals surface area (Å²) in [7, 11) is -3.18. The van der Waals surface area contributed by atoms with Crippen LogP contribution in [0.3, 0.4) is 0 Å². The number of halogens is 1. The van der Waals surface area contributed by atoms with Gasteiger partial charge in [0.15, 0.2) is 9.84 Å². The highest BCUT2D eigenvalue weighted by Gasteiger charge is 2.19. The zero-order chi connectivity index (χ0) is 16.9. The minimum Gasteiger partial charge on any atom is -0.455 e. The molecule has 0 saturated heterocycles. The molecule has 24 heavy (non-hydrogen) atoms. The van der Waals surface area contributed by atoms with Gasteiger partial charge < -0.3 is 9.73 Å². The highest BCUT2D eigenvalue weighted by molar-refractivity contribution is 9.10. The van der Waals surface area contributed by atoms with Crippen LogP contribution >= 0.6 is 15.9 Å². The Hall–Kier alpha value is -2.05. The largest absolute Gasteiger partial charge is 0.455 e. The van der Waals surface area contributed by atoms with Gasteiger partial charge in [-0.25, -0.2) is 8.42 Å². The van der Waals surface area contributed by atoms with E-state index in [9.17, 15) is 8.42 Å². The second-order valence-electron chi connectivity index (χ2n) is 5.77. The monoisotopic (exact) mass is 403 g/mol. The zero-order valence-corrected chi connectivity index (χ0v) is 15.2. The summed E-state index contributed by atoms with van der Waals surface area (Å²) in [5, 5.41) is 5.27. The van der Waals surface area contributed by atoms with Crippen molar-refractivity contribution in [3.8, 4) is 0 Å². The molecule has 0 amide bonds.